The van der Waals surface area contributed by atoms with E-state index in [9.17, 15) is 9.18 Å². The predicted molar refractivity (Wildman–Crippen MR) is 112 cm³/mol. The van der Waals surface area contributed by atoms with Gasteiger partial charge >= 0.3 is 0 Å². The maximum absolute atomic E-state index is 13.0. The first-order valence-electron chi connectivity index (χ1n) is 10.1. The van der Waals surface area contributed by atoms with Gasteiger partial charge in [0.25, 0.3) is 5.91 Å². The second kappa shape index (κ2) is 9.46. The molecule has 0 aliphatic carbocycles. The molecule has 1 aromatic carbocycles. The second-order valence-corrected chi connectivity index (χ2v) is 7.36. The van der Waals surface area contributed by atoms with Crippen molar-refractivity contribution in [2.24, 2.45) is 0 Å². The Morgan fingerprint density at radius 2 is 1.84 bits per heavy atom. The number of amides is 1. The van der Waals surface area contributed by atoms with Crippen molar-refractivity contribution in [3.05, 3.63) is 66.8 Å². The first-order valence-corrected chi connectivity index (χ1v) is 10.1. The molecule has 0 radical (unpaired) electrons. The molecule has 8 nitrogen and oxygen atoms in total. The van der Waals surface area contributed by atoms with Crippen molar-refractivity contribution in [3.63, 3.8) is 0 Å². The SMILES string of the molecule is C[C@@H](Oc1ccc(F)cc1)C(=O)N1CCC(c2cncc(Nc3cnccn3)n2)CC1. The van der Waals surface area contributed by atoms with E-state index in [-0.39, 0.29) is 17.6 Å². The van der Waals surface area contributed by atoms with Crippen LogP contribution in [0.2, 0.25) is 0 Å². The zero-order valence-corrected chi connectivity index (χ0v) is 17.1. The molecular formula is C22H23FN6O2. The lowest BCUT2D eigenvalue weighted by molar-refractivity contribution is -0.139. The Morgan fingerprint density at radius 3 is 2.55 bits per heavy atom. The van der Waals surface area contributed by atoms with E-state index in [4.69, 9.17) is 4.74 Å². The Labute approximate surface area is 179 Å². The van der Waals surface area contributed by atoms with Gasteiger partial charge in [0, 0.05) is 37.6 Å². The fourth-order valence-corrected chi connectivity index (χ4v) is 3.55. The van der Waals surface area contributed by atoms with E-state index < -0.39 is 6.10 Å². The zero-order valence-electron chi connectivity index (χ0n) is 17.1. The van der Waals surface area contributed by atoms with E-state index in [1.165, 1.54) is 24.3 Å². The number of nitrogens with one attached hydrogen (secondary N) is 1. The molecule has 160 valence electrons. The summed E-state index contributed by atoms with van der Waals surface area (Å²) in [7, 11) is 0. The van der Waals surface area contributed by atoms with Crippen molar-refractivity contribution < 1.29 is 13.9 Å². The molecule has 0 bridgehead atoms. The van der Waals surface area contributed by atoms with Crippen LogP contribution in [0.3, 0.4) is 0 Å². The highest BCUT2D eigenvalue weighted by Crippen LogP contribution is 2.28. The molecule has 31 heavy (non-hydrogen) atoms. The number of nitrogens with zero attached hydrogens (tertiary/aromatic N) is 5. The number of anilines is 2. The second-order valence-electron chi connectivity index (χ2n) is 7.36. The Kier molecular flexibility index (Phi) is 6.30. The highest BCUT2D eigenvalue weighted by molar-refractivity contribution is 5.81. The number of benzene rings is 1. The Balaban J connectivity index is 1.32. The third-order valence-corrected chi connectivity index (χ3v) is 5.17. The molecule has 3 aromatic rings. The molecule has 4 rings (SSSR count). The lowest BCUT2D eigenvalue weighted by atomic mass is 9.93. The lowest BCUT2D eigenvalue weighted by Gasteiger charge is -2.33. The average molecular weight is 422 g/mol. The minimum Gasteiger partial charge on any atom is -0.481 e. The monoisotopic (exact) mass is 422 g/mol. The van der Waals surface area contributed by atoms with E-state index in [1.807, 2.05) is 0 Å². The van der Waals surface area contributed by atoms with E-state index in [0.717, 1.165) is 18.5 Å². The fourth-order valence-electron chi connectivity index (χ4n) is 3.55. The lowest BCUT2D eigenvalue weighted by Crippen LogP contribution is -2.44. The summed E-state index contributed by atoms with van der Waals surface area (Å²) in [6.07, 6.45) is 9.18. The molecule has 0 unspecified atom stereocenters. The summed E-state index contributed by atoms with van der Waals surface area (Å²) in [5, 5.41) is 3.10. The zero-order chi connectivity index (χ0) is 21.6. The normalized spacial score (nSPS) is 15.4. The molecule has 1 aliphatic rings. The van der Waals surface area contributed by atoms with Crippen LogP contribution in [0.25, 0.3) is 0 Å². The summed E-state index contributed by atoms with van der Waals surface area (Å²) < 4.78 is 18.7. The smallest absolute Gasteiger partial charge is 0.263 e. The van der Waals surface area contributed by atoms with Crippen LogP contribution < -0.4 is 10.1 Å². The van der Waals surface area contributed by atoms with Gasteiger partial charge in [-0.05, 0) is 44.0 Å². The molecule has 1 saturated heterocycles. The number of likely N-dealkylation sites (tertiary alicyclic amines) is 1. The molecule has 1 N–H and O–H groups in total. The maximum atomic E-state index is 13.0. The van der Waals surface area contributed by atoms with E-state index in [0.29, 0.717) is 30.5 Å². The average Bonchev–Trinajstić information content (AvgIpc) is 2.81. The summed E-state index contributed by atoms with van der Waals surface area (Å²) in [5.74, 6) is 1.48. The number of halogens is 1. The van der Waals surface area contributed by atoms with Gasteiger partial charge in [0.2, 0.25) is 0 Å². The quantitative estimate of drug-likeness (QED) is 0.651. The summed E-state index contributed by atoms with van der Waals surface area (Å²) in [5.41, 5.74) is 0.886. The molecule has 0 saturated carbocycles. The number of rotatable bonds is 6. The van der Waals surface area contributed by atoms with Crippen LogP contribution in [-0.4, -0.2) is 49.9 Å². The van der Waals surface area contributed by atoms with Crippen LogP contribution in [0.1, 0.15) is 31.4 Å². The molecule has 1 amide bonds. The maximum Gasteiger partial charge on any atom is 0.263 e. The van der Waals surface area contributed by atoms with Crippen molar-refractivity contribution in [1.82, 2.24) is 24.8 Å². The minimum atomic E-state index is -0.638. The highest BCUT2D eigenvalue weighted by atomic mass is 19.1. The molecule has 9 heteroatoms. The summed E-state index contributed by atoms with van der Waals surface area (Å²) in [6.45, 7) is 2.94. The van der Waals surface area contributed by atoms with Crippen molar-refractivity contribution in [1.29, 1.82) is 0 Å². The topological polar surface area (TPSA) is 93.1 Å². The van der Waals surface area contributed by atoms with Crippen LogP contribution >= 0.6 is 0 Å². The standard InChI is InChI=1S/C22H23FN6O2/c1-15(31-18-4-2-17(23)3-5-18)22(30)29-10-6-16(7-11-29)19-12-25-14-21(27-19)28-20-13-24-8-9-26-20/h2-5,8-9,12-16H,6-7,10-11H2,1H3,(H,26,27,28)/t15-/m1/s1. The van der Waals surface area contributed by atoms with Crippen LogP contribution in [0.15, 0.2) is 55.2 Å². The van der Waals surface area contributed by atoms with Gasteiger partial charge in [-0.3, -0.25) is 14.8 Å². The van der Waals surface area contributed by atoms with Crippen LogP contribution in [0, 0.1) is 5.82 Å². The molecule has 1 aliphatic heterocycles. The third kappa shape index (κ3) is 5.30. The molecule has 2 aromatic heterocycles. The first kappa shape index (κ1) is 20.6. The number of hydrogen-bond donors (Lipinski definition) is 1. The number of hydrogen-bond acceptors (Lipinski definition) is 7. The minimum absolute atomic E-state index is 0.0769. The first-order chi connectivity index (χ1) is 15.1. The van der Waals surface area contributed by atoms with Gasteiger partial charge < -0.3 is 15.0 Å². The highest BCUT2D eigenvalue weighted by Gasteiger charge is 2.28. The number of aromatic nitrogens is 4. The van der Waals surface area contributed by atoms with Crippen molar-refractivity contribution in [2.75, 3.05) is 18.4 Å². The van der Waals surface area contributed by atoms with Crippen molar-refractivity contribution in [3.8, 4) is 5.75 Å². The van der Waals surface area contributed by atoms with Crippen LogP contribution in [-0.2, 0) is 4.79 Å². The Bertz CT molecular complexity index is 1010. The molecule has 3 heterocycles. The molecule has 0 spiro atoms. The summed E-state index contributed by atoms with van der Waals surface area (Å²) in [6, 6.07) is 5.66. The van der Waals surface area contributed by atoms with E-state index >= 15 is 0 Å². The van der Waals surface area contributed by atoms with Crippen LogP contribution in [0.4, 0.5) is 16.0 Å². The van der Waals surface area contributed by atoms with Gasteiger partial charge in [0.05, 0.1) is 18.1 Å². The van der Waals surface area contributed by atoms with Crippen molar-refractivity contribution >= 4 is 17.5 Å². The van der Waals surface area contributed by atoms with Crippen molar-refractivity contribution in [2.45, 2.75) is 31.8 Å². The van der Waals surface area contributed by atoms with Gasteiger partial charge in [0.1, 0.15) is 23.2 Å². The molecule has 1 fully saturated rings. The van der Waals surface area contributed by atoms with Gasteiger partial charge in [-0.2, -0.15) is 0 Å². The Morgan fingerprint density at radius 1 is 1.10 bits per heavy atom. The predicted octanol–water partition coefficient (Wildman–Crippen LogP) is 3.32. The Hall–Kier alpha value is -3.62. The fraction of sp³-hybridized carbons (Fsp3) is 0.318. The number of ether oxygens (including phenoxy) is 1. The molecular weight excluding hydrogens is 399 g/mol. The van der Waals surface area contributed by atoms with E-state index in [1.54, 1.807) is 42.8 Å². The number of piperidine rings is 1. The van der Waals surface area contributed by atoms with Gasteiger partial charge in [-0.25, -0.2) is 14.4 Å². The number of carbonyl (C=O) groups excluding carboxylic acids is 1. The van der Waals surface area contributed by atoms with Gasteiger partial charge in [0.15, 0.2) is 6.10 Å². The summed E-state index contributed by atoms with van der Waals surface area (Å²) in [4.78, 5) is 31.7. The third-order valence-electron chi connectivity index (χ3n) is 5.17. The largest absolute Gasteiger partial charge is 0.481 e. The number of carbonyl (C=O) groups is 1. The van der Waals surface area contributed by atoms with Crippen LogP contribution in [0.5, 0.6) is 5.75 Å². The molecule has 1 atom stereocenters. The van der Waals surface area contributed by atoms with Gasteiger partial charge in [-0.1, -0.05) is 0 Å². The van der Waals surface area contributed by atoms with Gasteiger partial charge in [-0.15, -0.1) is 0 Å². The van der Waals surface area contributed by atoms with E-state index in [2.05, 4.69) is 25.3 Å². The summed E-state index contributed by atoms with van der Waals surface area (Å²) >= 11 is 0.